The van der Waals surface area contributed by atoms with Crippen LogP contribution in [0.5, 0.6) is 0 Å². The minimum absolute atomic E-state index is 0. The Hall–Kier alpha value is 0.120. The van der Waals surface area contributed by atoms with Gasteiger partial charge in [0.2, 0.25) is 0 Å². The summed E-state index contributed by atoms with van der Waals surface area (Å²) in [5.74, 6) is 0. The molecule has 0 radical (unpaired) electrons. The van der Waals surface area contributed by atoms with Crippen molar-refractivity contribution in [3.05, 3.63) is 0 Å². The molecule has 2 fully saturated rings. The van der Waals surface area contributed by atoms with Crippen molar-refractivity contribution in [2.24, 2.45) is 0 Å². The van der Waals surface area contributed by atoms with E-state index in [1.165, 1.54) is 64.7 Å². The summed E-state index contributed by atoms with van der Waals surface area (Å²) in [4.78, 5) is 0. The molecular formula is C10H25ClN2O3S. The Labute approximate surface area is 112 Å². The summed E-state index contributed by atoms with van der Waals surface area (Å²) in [7, 11) is -3.12. The van der Waals surface area contributed by atoms with Gasteiger partial charge in [-0.3, -0.25) is 4.55 Å². The molecule has 0 amide bonds. The highest BCUT2D eigenvalue weighted by Gasteiger charge is 1.94. The lowest BCUT2D eigenvalue weighted by Gasteiger charge is -2.08. The third-order valence-corrected chi connectivity index (χ3v) is 2.41. The van der Waals surface area contributed by atoms with E-state index in [1.807, 2.05) is 0 Å². The van der Waals surface area contributed by atoms with Crippen LogP contribution in [0.2, 0.25) is 0 Å². The van der Waals surface area contributed by atoms with Crippen LogP contribution in [0.25, 0.3) is 0 Å². The molecule has 0 aromatic rings. The predicted molar refractivity (Wildman–Crippen MR) is 73.6 cm³/mol. The molecule has 0 spiro atoms. The maximum Gasteiger partial charge on any atom is 0.254 e. The van der Waals surface area contributed by atoms with Crippen LogP contribution in [0.4, 0.5) is 0 Å². The van der Waals surface area contributed by atoms with Crippen molar-refractivity contribution in [1.82, 2.24) is 10.6 Å². The Balaban J connectivity index is 0. The van der Waals surface area contributed by atoms with E-state index >= 15 is 0 Å². The number of nitrogens with one attached hydrogen (secondary N) is 2. The number of piperidine rings is 2. The fourth-order valence-corrected chi connectivity index (χ4v) is 1.60. The molecule has 0 bridgehead atoms. The predicted octanol–water partition coefficient (Wildman–Crippen LogP) is 1.01. The fraction of sp³-hybridized carbons (Fsp3) is 1.00. The zero-order chi connectivity index (χ0) is 12.1. The average Bonchev–Trinajstić information content (AvgIpc) is 2.34. The smallest absolute Gasteiger partial charge is 0.254 e. The van der Waals surface area contributed by atoms with Gasteiger partial charge in [0.05, 0.1) is 0 Å². The van der Waals surface area contributed by atoms with Gasteiger partial charge in [-0.05, 0) is 51.9 Å². The topological polar surface area (TPSA) is 78.4 Å². The lowest BCUT2D eigenvalue weighted by atomic mass is 10.2. The molecule has 5 nitrogen and oxygen atoms in total. The van der Waals surface area contributed by atoms with Crippen molar-refractivity contribution < 1.29 is 13.0 Å². The maximum atomic E-state index is 8.59. The number of hydrogen-bond acceptors (Lipinski definition) is 4. The summed E-state index contributed by atoms with van der Waals surface area (Å²) < 4.78 is 24.2. The molecule has 0 atom stereocenters. The molecule has 0 aromatic heterocycles. The van der Waals surface area contributed by atoms with Crippen LogP contribution < -0.4 is 10.6 Å². The summed E-state index contributed by atoms with van der Waals surface area (Å²) >= 11 is 0. The van der Waals surface area contributed by atoms with Crippen molar-refractivity contribution in [2.45, 2.75) is 38.5 Å². The number of hydrogen-bond donors (Lipinski definition) is 4. The van der Waals surface area contributed by atoms with Crippen LogP contribution in [-0.2, 0) is 11.0 Å². The Morgan fingerprint density at radius 2 is 0.941 bits per heavy atom. The van der Waals surface area contributed by atoms with Gasteiger partial charge in [-0.15, -0.1) is 12.4 Å². The zero-order valence-electron chi connectivity index (χ0n) is 10.2. The standard InChI is InChI=1S/2C5H11N.ClH.H2O3S/c2*1-2-4-6-5-3-1;;1-4(2)3/h2*6H,1-5H2;1H;4H,(H,1,2,3). The molecule has 2 rings (SSSR count). The number of thiol groups is 1. The summed E-state index contributed by atoms with van der Waals surface area (Å²) in [6.45, 7) is 5.00. The van der Waals surface area contributed by atoms with Crippen LogP contribution in [0.1, 0.15) is 38.5 Å². The first-order valence-corrected chi connectivity index (χ1v) is 7.11. The van der Waals surface area contributed by atoms with E-state index in [1.54, 1.807) is 0 Å². The molecular weight excluding hydrogens is 264 g/mol. The van der Waals surface area contributed by atoms with E-state index in [9.17, 15) is 0 Å². The molecule has 3 N–H and O–H groups in total. The van der Waals surface area contributed by atoms with Crippen LogP contribution in [0.3, 0.4) is 0 Å². The highest BCUT2D eigenvalue weighted by atomic mass is 35.5. The van der Waals surface area contributed by atoms with Gasteiger partial charge in [0, 0.05) is 0 Å². The fourth-order valence-electron chi connectivity index (χ4n) is 1.60. The monoisotopic (exact) mass is 288 g/mol. The van der Waals surface area contributed by atoms with Gasteiger partial charge < -0.3 is 10.6 Å². The van der Waals surface area contributed by atoms with E-state index in [2.05, 4.69) is 10.6 Å². The van der Waals surface area contributed by atoms with Crippen LogP contribution in [0, 0.1) is 0 Å². The highest BCUT2D eigenvalue weighted by Crippen LogP contribution is 1.97. The van der Waals surface area contributed by atoms with Crippen molar-refractivity contribution in [3.8, 4) is 0 Å². The van der Waals surface area contributed by atoms with E-state index in [0.717, 1.165) is 0 Å². The Morgan fingerprint density at radius 3 is 1.00 bits per heavy atom. The second-order valence-corrected chi connectivity index (χ2v) is 4.33. The minimum Gasteiger partial charge on any atom is -0.317 e. The normalized spacial score (nSPS) is 18.9. The van der Waals surface area contributed by atoms with Crippen molar-refractivity contribution >= 4 is 23.4 Å². The van der Waals surface area contributed by atoms with Gasteiger partial charge in [0.25, 0.3) is 11.0 Å². The number of halogens is 1. The summed E-state index contributed by atoms with van der Waals surface area (Å²) in [6.07, 6.45) is 8.43. The third kappa shape index (κ3) is 21.9. The minimum atomic E-state index is -3.12. The third-order valence-electron chi connectivity index (χ3n) is 2.41. The average molecular weight is 289 g/mol. The van der Waals surface area contributed by atoms with Crippen molar-refractivity contribution in [3.63, 3.8) is 0 Å². The molecule has 7 heteroatoms. The largest absolute Gasteiger partial charge is 0.317 e. The van der Waals surface area contributed by atoms with E-state index in [4.69, 9.17) is 13.0 Å². The van der Waals surface area contributed by atoms with Crippen LogP contribution >= 0.6 is 12.4 Å². The van der Waals surface area contributed by atoms with E-state index in [0.29, 0.717) is 0 Å². The van der Waals surface area contributed by atoms with Gasteiger partial charge in [0.15, 0.2) is 0 Å². The molecule has 17 heavy (non-hydrogen) atoms. The Morgan fingerprint density at radius 1 is 0.706 bits per heavy atom. The quantitative estimate of drug-likeness (QED) is 0.395. The molecule has 0 saturated carbocycles. The molecule has 2 aliphatic rings. The molecule has 2 heterocycles. The molecule has 0 unspecified atom stereocenters. The molecule has 0 aliphatic carbocycles. The van der Waals surface area contributed by atoms with Gasteiger partial charge >= 0.3 is 0 Å². The van der Waals surface area contributed by atoms with Crippen molar-refractivity contribution in [1.29, 1.82) is 0 Å². The lowest BCUT2D eigenvalue weighted by molar-refractivity contribution is 0.509. The maximum absolute atomic E-state index is 8.59. The first-order chi connectivity index (χ1) is 7.73. The number of rotatable bonds is 0. The molecule has 0 aromatic carbocycles. The van der Waals surface area contributed by atoms with Crippen LogP contribution in [0.15, 0.2) is 0 Å². The van der Waals surface area contributed by atoms with E-state index < -0.39 is 11.0 Å². The zero-order valence-corrected chi connectivity index (χ0v) is 11.9. The summed E-state index contributed by atoms with van der Waals surface area (Å²) in [5, 5.41) is 6.57. The highest BCUT2D eigenvalue weighted by molar-refractivity contribution is 7.66. The lowest BCUT2D eigenvalue weighted by Crippen LogP contribution is -2.21. The van der Waals surface area contributed by atoms with E-state index in [-0.39, 0.29) is 12.4 Å². The SMILES string of the molecule is C1CCNCC1.C1CCNCC1.Cl.O=[SH](=O)O. The van der Waals surface area contributed by atoms with Gasteiger partial charge in [-0.2, -0.15) is 0 Å². The first-order valence-electron chi connectivity index (χ1n) is 5.98. The van der Waals surface area contributed by atoms with Crippen molar-refractivity contribution in [2.75, 3.05) is 26.2 Å². The second kappa shape index (κ2) is 16.1. The van der Waals surface area contributed by atoms with Crippen LogP contribution in [-0.4, -0.2) is 39.1 Å². The summed E-state index contributed by atoms with van der Waals surface area (Å²) in [6, 6.07) is 0. The van der Waals surface area contributed by atoms with Gasteiger partial charge in [-0.25, -0.2) is 8.42 Å². The molecule has 2 aliphatic heterocycles. The first kappa shape index (κ1) is 19.5. The Kier molecular flexibility index (Phi) is 18.5. The summed E-state index contributed by atoms with van der Waals surface area (Å²) in [5.41, 5.74) is 0. The Bertz CT molecular complexity index is 165. The van der Waals surface area contributed by atoms with Gasteiger partial charge in [0.1, 0.15) is 0 Å². The second-order valence-electron chi connectivity index (χ2n) is 3.86. The van der Waals surface area contributed by atoms with Gasteiger partial charge in [-0.1, -0.05) is 12.8 Å². The molecule has 106 valence electrons. The molecule has 2 saturated heterocycles.